The molecule has 0 unspecified atom stereocenters. The van der Waals surface area contributed by atoms with Crippen molar-refractivity contribution in [1.29, 1.82) is 0 Å². The van der Waals surface area contributed by atoms with Crippen LogP contribution in [-0.4, -0.2) is 97.1 Å². The van der Waals surface area contributed by atoms with Gasteiger partial charge >= 0.3 is 0 Å². The van der Waals surface area contributed by atoms with Crippen LogP contribution in [0.3, 0.4) is 0 Å². The third kappa shape index (κ3) is 3.83. The molecule has 9 nitrogen and oxygen atoms in total. The molecule has 144 valence electrons. The van der Waals surface area contributed by atoms with Gasteiger partial charge in [0.1, 0.15) is 5.56 Å². The van der Waals surface area contributed by atoms with E-state index < -0.39 is 15.8 Å². The Morgan fingerprint density at radius 3 is 2.04 bits per heavy atom. The molecule has 0 aromatic carbocycles. The molecule has 3 heterocycles. The summed E-state index contributed by atoms with van der Waals surface area (Å²) in [6.45, 7) is 5.18. The van der Waals surface area contributed by atoms with Crippen LogP contribution in [0.2, 0.25) is 0 Å². The molecule has 2 fully saturated rings. The number of aromatic amines is 1. The molecule has 0 bridgehead atoms. The zero-order valence-electron chi connectivity index (χ0n) is 15.1. The van der Waals surface area contributed by atoms with Crippen LogP contribution in [0.15, 0.2) is 16.9 Å². The van der Waals surface area contributed by atoms with Crippen LogP contribution in [0.4, 0.5) is 0 Å². The Morgan fingerprint density at radius 1 is 0.962 bits per heavy atom. The van der Waals surface area contributed by atoms with Crippen LogP contribution in [-0.2, 0) is 10.2 Å². The van der Waals surface area contributed by atoms with Gasteiger partial charge in [-0.05, 0) is 26.1 Å². The van der Waals surface area contributed by atoms with E-state index in [0.29, 0.717) is 31.9 Å². The lowest BCUT2D eigenvalue weighted by molar-refractivity contribution is 0.0690. The molecule has 10 heteroatoms. The Bertz CT molecular complexity index is 821. The van der Waals surface area contributed by atoms with Crippen LogP contribution < -0.4 is 5.56 Å². The molecule has 1 aromatic heterocycles. The fourth-order valence-corrected chi connectivity index (χ4v) is 4.79. The van der Waals surface area contributed by atoms with Gasteiger partial charge in [0.25, 0.3) is 21.7 Å². The summed E-state index contributed by atoms with van der Waals surface area (Å²) in [5.41, 5.74) is 0.364. The summed E-state index contributed by atoms with van der Waals surface area (Å²) >= 11 is 0. The van der Waals surface area contributed by atoms with Gasteiger partial charge < -0.3 is 14.8 Å². The maximum atomic E-state index is 12.8. The van der Waals surface area contributed by atoms with Gasteiger partial charge in [-0.25, -0.2) is 0 Å². The van der Waals surface area contributed by atoms with Crippen LogP contribution in [0.25, 0.3) is 0 Å². The van der Waals surface area contributed by atoms with Gasteiger partial charge in [-0.1, -0.05) is 0 Å². The summed E-state index contributed by atoms with van der Waals surface area (Å²) in [6, 6.07) is 3.20. The first-order valence-electron chi connectivity index (χ1n) is 8.72. The van der Waals surface area contributed by atoms with Gasteiger partial charge in [-0.15, -0.1) is 0 Å². The number of aryl methyl sites for hydroxylation is 1. The topological polar surface area (TPSA) is 97.0 Å². The molecule has 0 saturated carbocycles. The average Bonchev–Trinajstić information content (AvgIpc) is 2.62. The maximum Gasteiger partial charge on any atom is 0.282 e. The van der Waals surface area contributed by atoms with E-state index in [0.717, 1.165) is 0 Å². The van der Waals surface area contributed by atoms with E-state index in [-0.39, 0.29) is 37.6 Å². The molecule has 3 rings (SSSR count). The lowest BCUT2D eigenvalue weighted by Gasteiger charge is -2.39. The van der Waals surface area contributed by atoms with Crippen molar-refractivity contribution in [2.75, 3.05) is 59.4 Å². The minimum Gasteiger partial charge on any atom is -0.336 e. The van der Waals surface area contributed by atoms with Gasteiger partial charge in [0, 0.05) is 58.1 Å². The largest absolute Gasteiger partial charge is 0.336 e. The molecule has 0 aliphatic carbocycles. The second-order valence-electron chi connectivity index (χ2n) is 6.79. The zero-order valence-corrected chi connectivity index (χ0v) is 16.0. The lowest BCUT2D eigenvalue weighted by atomic mass is 10.2. The highest BCUT2D eigenvalue weighted by atomic mass is 32.2. The van der Waals surface area contributed by atoms with E-state index >= 15 is 0 Å². The average molecular weight is 383 g/mol. The smallest absolute Gasteiger partial charge is 0.282 e. The first-order chi connectivity index (χ1) is 12.3. The van der Waals surface area contributed by atoms with E-state index in [1.54, 1.807) is 13.0 Å². The van der Waals surface area contributed by atoms with E-state index in [1.807, 2.05) is 7.05 Å². The number of piperazine rings is 2. The summed E-state index contributed by atoms with van der Waals surface area (Å²) < 4.78 is 28.5. The van der Waals surface area contributed by atoms with Crippen LogP contribution in [0.5, 0.6) is 0 Å². The molecule has 0 atom stereocenters. The molecule has 2 aliphatic rings. The molecular weight excluding hydrogens is 358 g/mol. The molecule has 1 aromatic rings. The Labute approximate surface area is 153 Å². The minimum atomic E-state index is -3.50. The fourth-order valence-electron chi connectivity index (χ4n) is 3.21. The van der Waals surface area contributed by atoms with Crippen molar-refractivity contribution in [2.45, 2.75) is 6.92 Å². The van der Waals surface area contributed by atoms with Crippen molar-refractivity contribution in [2.24, 2.45) is 0 Å². The van der Waals surface area contributed by atoms with Gasteiger partial charge in [0.2, 0.25) is 0 Å². The highest BCUT2D eigenvalue weighted by Gasteiger charge is 2.35. The first kappa shape index (κ1) is 19.0. The van der Waals surface area contributed by atoms with Crippen LogP contribution in [0.1, 0.15) is 16.1 Å². The number of hydrogen-bond acceptors (Lipinski definition) is 5. The Kier molecular flexibility index (Phi) is 5.47. The number of carbonyl (C=O) groups is 1. The quantitative estimate of drug-likeness (QED) is 0.717. The summed E-state index contributed by atoms with van der Waals surface area (Å²) in [7, 11) is -1.53. The number of likely N-dealkylation sites (N-methyl/N-ethyl adjacent to an activating group) is 1. The summed E-state index contributed by atoms with van der Waals surface area (Å²) in [6.07, 6.45) is 0. The molecule has 1 N–H and O–H groups in total. The standard InChI is InChI=1S/C16H25N5O4S/c1-13-3-4-14(15(22)17-13)16(23)19-7-11-21(12-8-19)26(24,25)20-9-5-18(2)6-10-20/h3-4H,5-12H2,1-2H3,(H,17,22). The molecule has 26 heavy (non-hydrogen) atoms. The summed E-state index contributed by atoms with van der Waals surface area (Å²) in [5.74, 6) is -0.358. The minimum absolute atomic E-state index is 0.0889. The number of nitrogens with one attached hydrogen (secondary N) is 1. The number of hydrogen-bond donors (Lipinski definition) is 1. The van der Waals surface area contributed by atoms with Crippen molar-refractivity contribution in [3.8, 4) is 0 Å². The van der Waals surface area contributed by atoms with Crippen LogP contribution in [0, 0.1) is 6.92 Å². The SMILES string of the molecule is Cc1ccc(C(=O)N2CCN(S(=O)(=O)N3CCN(C)CC3)CC2)c(=O)[nH]1. The fraction of sp³-hybridized carbons (Fsp3) is 0.625. The molecule has 2 aliphatic heterocycles. The third-order valence-corrected chi connectivity index (χ3v) is 6.96. The number of nitrogens with zero attached hydrogens (tertiary/aromatic N) is 4. The van der Waals surface area contributed by atoms with Crippen molar-refractivity contribution in [3.05, 3.63) is 33.7 Å². The van der Waals surface area contributed by atoms with E-state index in [9.17, 15) is 18.0 Å². The number of rotatable bonds is 3. The monoisotopic (exact) mass is 383 g/mol. The highest BCUT2D eigenvalue weighted by molar-refractivity contribution is 7.86. The number of amides is 1. The van der Waals surface area contributed by atoms with Crippen molar-refractivity contribution in [1.82, 2.24) is 23.4 Å². The van der Waals surface area contributed by atoms with Crippen molar-refractivity contribution in [3.63, 3.8) is 0 Å². The Hall–Kier alpha value is -1.75. The van der Waals surface area contributed by atoms with Gasteiger partial charge in [-0.2, -0.15) is 17.0 Å². The molecular formula is C16H25N5O4S. The lowest BCUT2D eigenvalue weighted by Crippen LogP contribution is -2.57. The number of aromatic nitrogens is 1. The highest BCUT2D eigenvalue weighted by Crippen LogP contribution is 2.15. The molecule has 0 spiro atoms. The van der Waals surface area contributed by atoms with Crippen LogP contribution >= 0.6 is 0 Å². The predicted octanol–water partition coefficient (Wildman–Crippen LogP) is -1.07. The Morgan fingerprint density at radius 2 is 1.50 bits per heavy atom. The summed E-state index contributed by atoms with van der Waals surface area (Å²) in [4.78, 5) is 30.8. The van der Waals surface area contributed by atoms with E-state index in [2.05, 4.69) is 9.88 Å². The maximum absolute atomic E-state index is 12.8. The van der Waals surface area contributed by atoms with Crippen molar-refractivity contribution < 1.29 is 13.2 Å². The zero-order chi connectivity index (χ0) is 18.9. The van der Waals surface area contributed by atoms with E-state index in [1.165, 1.54) is 19.6 Å². The number of pyridine rings is 1. The second kappa shape index (κ2) is 7.47. The Balaban J connectivity index is 1.63. The summed E-state index contributed by atoms with van der Waals surface area (Å²) in [5, 5.41) is 0. The second-order valence-corrected chi connectivity index (χ2v) is 8.71. The first-order valence-corrected chi connectivity index (χ1v) is 10.1. The van der Waals surface area contributed by atoms with Gasteiger partial charge in [-0.3, -0.25) is 9.59 Å². The number of carbonyl (C=O) groups excluding carboxylic acids is 1. The molecule has 2 saturated heterocycles. The number of H-pyrrole nitrogens is 1. The molecule has 1 amide bonds. The van der Waals surface area contributed by atoms with Crippen molar-refractivity contribution >= 4 is 16.1 Å². The van der Waals surface area contributed by atoms with E-state index in [4.69, 9.17) is 0 Å². The van der Waals surface area contributed by atoms with Gasteiger partial charge in [0.05, 0.1) is 0 Å². The molecule has 0 radical (unpaired) electrons. The normalized spacial score (nSPS) is 21.1. The third-order valence-electron chi connectivity index (χ3n) is 4.93. The van der Waals surface area contributed by atoms with Gasteiger partial charge in [0.15, 0.2) is 0 Å². The predicted molar refractivity (Wildman–Crippen MR) is 97.3 cm³/mol.